The first-order valence-electron chi connectivity index (χ1n) is 9.15. The highest BCUT2D eigenvalue weighted by molar-refractivity contribution is 9.10. The van der Waals surface area contributed by atoms with E-state index in [0.29, 0.717) is 6.54 Å². The number of nitrogens with zero attached hydrogens (tertiary/aromatic N) is 2. The van der Waals surface area contributed by atoms with Crippen LogP contribution in [0.4, 0.5) is 5.69 Å². The first-order valence-corrected chi connectivity index (χ1v) is 9.94. The van der Waals surface area contributed by atoms with Crippen molar-refractivity contribution in [2.75, 3.05) is 25.1 Å². The summed E-state index contributed by atoms with van der Waals surface area (Å²) in [5.74, 6) is 2.07. The first-order chi connectivity index (χ1) is 12.6. The number of methoxy groups -OCH3 is 1. The third-order valence-corrected chi connectivity index (χ3v) is 5.95. The SMILES string of the molecule is COc1ccc(N2C[C@](O)(c3ccc(Br)cc3)[N+]3=C2CCCCC3)cc1. The molecular formula is C21H24BrN2O2+. The maximum atomic E-state index is 11.7. The lowest BCUT2D eigenvalue weighted by molar-refractivity contribution is -0.658. The summed E-state index contributed by atoms with van der Waals surface area (Å²) in [5, 5.41) is 11.7. The predicted octanol–water partition coefficient (Wildman–Crippen LogP) is 4.11. The summed E-state index contributed by atoms with van der Waals surface area (Å²) in [5.41, 5.74) is 1.04. The standard InChI is InChI=1S/C21H24BrN2O2/c1-26-19-12-10-18(11-13-19)23-15-21(25,16-6-8-17(22)9-7-16)24-14-4-2-3-5-20(23)24/h6-13,25H,2-5,14-15H2,1H3/q+1/t21-/m0/s1. The van der Waals surface area contributed by atoms with Crippen molar-refractivity contribution in [2.24, 2.45) is 0 Å². The van der Waals surface area contributed by atoms with Gasteiger partial charge in [-0.3, -0.25) is 0 Å². The maximum Gasteiger partial charge on any atom is 0.271 e. The number of amidine groups is 1. The van der Waals surface area contributed by atoms with Crippen molar-refractivity contribution in [3.63, 3.8) is 0 Å². The summed E-state index contributed by atoms with van der Waals surface area (Å²) in [6, 6.07) is 16.1. The van der Waals surface area contributed by atoms with Crippen molar-refractivity contribution in [1.29, 1.82) is 0 Å². The molecule has 4 nitrogen and oxygen atoms in total. The lowest BCUT2D eigenvalue weighted by Gasteiger charge is -2.23. The fraction of sp³-hybridized carbons (Fsp3) is 0.381. The summed E-state index contributed by atoms with van der Waals surface area (Å²) >= 11 is 3.49. The fourth-order valence-corrected chi connectivity index (χ4v) is 4.30. The molecule has 0 saturated heterocycles. The van der Waals surface area contributed by atoms with Crippen LogP contribution in [0.15, 0.2) is 53.0 Å². The molecule has 2 aliphatic heterocycles. The Morgan fingerprint density at radius 1 is 1.04 bits per heavy atom. The van der Waals surface area contributed by atoms with Crippen molar-refractivity contribution in [3.8, 4) is 5.75 Å². The van der Waals surface area contributed by atoms with Crippen LogP contribution in [0.3, 0.4) is 0 Å². The van der Waals surface area contributed by atoms with Crippen LogP contribution < -0.4 is 9.64 Å². The second-order valence-corrected chi connectivity index (χ2v) is 7.90. The molecule has 136 valence electrons. The summed E-state index contributed by atoms with van der Waals surface area (Å²) in [4.78, 5) is 2.27. The Morgan fingerprint density at radius 3 is 2.46 bits per heavy atom. The van der Waals surface area contributed by atoms with Gasteiger partial charge < -0.3 is 9.84 Å². The Kier molecular flexibility index (Phi) is 4.76. The average molecular weight is 416 g/mol. The molecular weight excluding hydrogens is 392 g/mol. The van der Waals surface area contributed by atoms with E-state index in [1.54, 1.807) is 7.11 Å². The quantitative estimate of drug-likeness (QED) is 0.766. The predicted molar refractivity (Wildman–Crippen MR) is 107 cm³/mol. The topological polar surface area (TPSA) is 35.7 Å². The van der Waals surface area contributed by atoms with Gasteiger partial charge in [-0.1, -0.05) is 28.1 Å². The summed E-state index contributed by atoms with van der Waals surface area (Å²) < 4.78 is 8.53. The van der Waals surface area contributed by atoms with E-state index in [1.807, 2.05) is 36.4 Å². The molecule has 0 unspecified atom stereocenters. The number of aliphatic hydroxyl groups is 1. The summed E-state index contributed by atoms with van der Waals surface area (Å²) in [6.45, 7) is 1.42. The minimum Gasteiger partial charge on any atom is -0.497 e. The zero-order valence-electron chi connectivity index (χ0n) is 15.0. The number of ether oxygens (including phenoxy) is 1. The zero-order valence-corrected chi connectivity index (χ0v) is 16.6. The number of hydrogen-bond donors (Lipinski definition) is 1. The summed E-state index contributed by atoms with van der Waals surface area (Å²) in [6.07, 6.45) is 4.46. The highest BCUT2D eigenvalue weighted by atomic mass is 79.9. The molecule has 2 aromatic rings. The van der Waals surface area contributed by atoms with Gasteiger partial charge in [0.25, 0.3) is 11.6 Å². The van der Waals surface area contributed by atoms with Crippen LogP contribution in [0.25, 0.3) is 0 Å². The van der Waals surface area contributed by atoms with Gasteiger partial charge >= 0.3 is 0 Å². The van der Waals surface area contributed by atoms with Gasteiger partial charge in [-0.15, -0.1) is 0 Å². The molecule has 2 aromatic carbocycles. The minimum absolute atomic E-state index is 0.538. The van der Waals surface area contributed by atoms with Crippen molar-refractivity contribution in [2.45, 2.75) is 31.4 Å². The van der Waals surface area contributed by atoms with E-state index >= 15 is 0 Å². The van der Waals surface area contributed by atoms with Crippen LogP contribution in [-0.2, 0) is 5.72 Å². The Balaban J connectivity index is 1.77. The van der Waals surface area contributed by atoms with Crippen molar-refractivity contribution in [3.05, 3.63) is 58.6 Å². The van der Waals surface area contributed by atoms with E-state index < -0.39 is 5.72 Å². The third-order valence-electron chi connectivity index (χ3n) is 5.42. The smallest absolute Gasteiger partial charge is 0.271 e. The second-order valence-electron chi connectivity index (χ2n) is 6.99. The second kappa shape index (κ2) is 7.05. The molecule has 2 heterocycles. The Labute approximate surface area is 162 Å². The van der Waals surface area contributed by atoms with Crippen LogP contribution in [0, 0.1) is 0 Å². The highest BCUT2D eigenvalue weighted by Crippen LogP contribution is 2.36. The number of hydrogen-bond acceptors (Lipinski definition) is 3. The molecule has 0 aromatic heterocycles. The summed E-state index contributed by atoms with van der Waals surface area (Å²) in [7, 11) is 1.68. The molecule has 0 spiro atoms. The third kappa shape index (κ3) is 3.03. The van der Waals surface area contributed by atoms with Gasteiger partial charge in [0.1, 0.15) is 11.4 Å². The lowest BCUT2D eigenvalue weighted by Crippen LogP contribution is -2.41. The van der Waals surface area contributed by atoms with E-state index in [4.69, 9.17) is 4.74 Å². The Morgan fingerprint density at radius 2 is 1.77 bits per heavy atom. The molecule has 0 fully saturated rings. The van der Waals surface area contributed by atoms with E-state index in [1.165, 1.54) is 12.3 Å². The molecule has 4 rings (SSSR count). The molecule has 0 saturated carbocycles. The van der Waals surface area contributed by atoms with Crippen LogP contribution in [0.2, 0.25) is 0 Å². The van der Waals surface area contributed by atoms with Crippen LogP contribution in [0.1, 0.15) is 31.2 Å². The van der Waals surface area contributed by atoms with Gasteiger partial charge in [-0.25, -0.2) is 9.48 Å². The average Bonchev–Trinajstić information content (AvgIpc) is 2.82. The number of β-amino-alcohol motifs (C(OH)–C–C–N with tert-alkyl or cyclic N) is 1. The van der Waals surface area contributed by atoms with Gasteiger partial charge in [-0.05, 0) is 55.7 Å². The minimum atomic E-state index is -1.000. The number of halogens is 1. The van der Waals surface area contributed by atoms with E-state index in [9.17, 15) is 5.11 Å². The van der Waals surface area contributed by atoms with Crippen LogP contribution in [0.5, 0.6) is 5.75 Å². The largest absolute Gasteiger partial charge is 0.497 e. The molecule has 1 N–H and O–H groups in total. The number of rotatable bonds is 3. The van der Waals surface area contributed by atoms with Crippen LogP contribution in [-0.4, -0.2) is 35.7 Å². The van der Waals surface area contributed by atoms with Gasteiger partial charge in [0, 0.05) is 16.5 Å². The van der Waals surface area contributed by atoms with Gasteiger partial charge in [0.2, 0.25) is 0 Å². The molecule has 0 amide bonds. The van der Waals surface area contributed by atoms with Crippen LogP contribution >= 0.6 is 15.9 Å². The molecule has 0 radical (unpaired) electrons. The molecule has 1 atom stereocenters. The van der Waals surface area contributed by atoms with Gasteiger partial charge in [0.15, 0.2) is 6.54 Å². The highest BCUT2D eigenvalue weighted by Gasteiger charge is 2.51. The van der Waals surface area contributed by atoms with E-state index in [-0.39, 0.29) is 0 Å². The molecule has 0 bridgehead atoms. The van der Waals surface area contributed by atoms with Gasteiger partial charge in [-0.2, -0.15) is 0 Å². The first kappa shape index (κ1) is 17.6. The molecule has 0 aliphatic carbocycles. The molecule has 2 aliphatic rings. The maximum absolute atomic E-state index is 11.7. The van der Waals surface area contributed by atoms with Crippen molar-refractivity contribution >= 4 is 27.5 Å². The molecule has 26 heavy (non-hydrogen) atoms. The Bertz CT molecular complexity index is 817. The number of benzene rings is 2. The Hall–Kier alpha value is -1.85. The number of anilines is 1. The monoisotopic (exact) mass is 415 g/mol. The van der Waals surface area contributed by atoms with E-state index in [2.05, 4.69) is 37.5 Å². The van der Waals surface area contributed by atoms with Crippen molar-refractivity contribution < 1.29 is 14.4 Å². The normalized spacial score (nSPS) is 23.0. The van der Waals surface area contributed by atoms with Gasteiger partial charge in [0.05, 0.1) is 13.7 Å². The molecule has 5 heteroatoms. The lowest BCUT2D eigenvalue weighted by atomic mass is 10.0. The fourth-order valence-electron chi connectivity index (χ4n) is 4.04. The van der Waals surface area contributed by atoms with Crippen molar-refractivity contribution in [1.82, 2.24) is 0 Å². The zero-order chi connectivity index (χ0) is 18.1. The van der Waals surface area contributed by atoms with E-state index in [0.717, 1.165) is 47.3 Å².